The highest BCUT2D eigenvalue weighted by Gasteiger charge is 2.22. The van der Waals surface area contributed by atoms with E-state index in [9.17, 15) is 0 Å². The first-order valence-electron chi connectivity index (χ1n) is 6.42. The topological polar surface area (TPSA) is 23.8 Å². The molecule has 18 heavy (non-hydrogen) atoms. The Bertz CT molecular complexity index is 560. The summed E-state index contributed by atoms with van der Waals surface area (Å²) in [5.41, 5.74) is 5.47. The molecule has 0 saturated heterocycles. The maximum atomic E-state index is 9.11. The van der Waals surface area contributed by atoms with Gasteiger partial charge < -0.3 is 0 Å². The molecule has 0 fully saturated rings. The molecule has 0 aliphatic heterocycles. The molecule has 0 radical (unpaired) electrons. The summed E-state index contributed by atoms with van der Waals surface area (Å²) >= 11 is 0. The number of hydrogen-bond donors (Lipinski definition) is 0. The minimum Gasteiger partial charge on any atom is -0.198 e. The molecule has 0 spiro atoms. The molecule has 0 amide bonds. The van der Waals surface area contributed by atoms with Gasteiger partial charge in [0.05, 0.1) is 6.07 Å². The van der Waals surface area contributed by atoms with Crippen LogP contribution in [0.25, 0.3) is 0 Å². The van der Waals surface area contributed by atoms with Gasteiger partial charge in [-0.3, -0.25) is 0 Å². The molecule has 0 N–H and O–H groups in total. The zero-order valence-electron chi connectivity index (χ0n) is 10.3. The molecular formula is C17H15N. The van der Waals surface area contributed by atoms with E-state index in [1.807, 2.05) is 0 Å². The smallest absolute Gasteiger partial charge is 0.0631 e. The van der Waals surface area contributed by atoms with Crippen molar-refractivity contribution in [2.75, 3.05) is 0 Å². The van der Waals surface area contributed by atoms with Crippen LogP contribution in [0.15, 0.2) is 48.5 Å². The highest BCUT2D eigenvalue weighted by molar-refractivity contribution is 5.45. The molecule has 1 aliphatic carbocycles. The Kier molecular flexibility index (Phi) is 2.86. The van der Waals surface area contributed by atoms with E-state index in [4.69, 9.17) is 5.26 Å². The fourth-order valence-electron chi connectivity index (χ4n) is 2.95. The highest BCUT2D eigenvalue weighted by atomic mass is 14.3. The Morgan fingerprint density at radius 2 is 1.39 bits per heavy atom. The van der Waals surface area contributed by atoms with Crippen molar-refractivity contribution in [2.24, 2.45) is 0 Å². The summed E-state index contributed by atoms with van der Waals surface area (Å²) in [5, 5.41) is 9.11. The zero-order chi connectivity index (χ0) is 12.4. The lowest BCUT2D eigenvalue weighted by atomic mass is 9.86. The normalized spacial score (nSPS) is 14.2. The summed E-state index contributed by atoms with van der Waals surface area (Å²) in [4.78, 5) is 0. The van der Waals surface area contributed by atoms with E-state index in [1.165, 1.54) is 22.3 Å². The molecule has 3 rings (SSSR count). The van der Waals surface area contributed by atoms with E-state index in [-0.39, 0.29) is 5.92 Å². The van der Waals surface area contributed by atoms with Crippen molar-refractivity contribution in [2.45, 2.75) is 25.2 Å². The average molecular weight is 233 g/mol. The molecule has 1 aliphatic rings. The van der Waals surface area contributed by atoms with Crippen molar-refractivity contribution in [1.29, 1.82) is 5.26 Å². The number of benzene rings is 2. The molecule has 0 unspecified atom stereocenters. The number of hydrogen-bond acceptors (Lipinski definition) is 1. The van der Waals surface area contributed by atoms with Crippen molar-refractivity contribution < 1.29 is 0 Å². The fraction of sp³-hybridized carbons (Fsp3) is 0.235. The van der Waals surface area contributed by atoms with Crippen LogP contribution in [0.5, 0.6) is 0 Å². The molecule has 0 heterocycles. The van der Waals surface area contributed by atoms with Gasteiger partial charge in [-0.1, -0.05) is 48.5 Å². The van der Waals surface area contributed by atoms with Gasteiger partial charge in [0.1, 0.15) is 0 Å². The number of aryl methyl sites for hydroxylation is 2. The number of nitrogens with zero attached hydrogens (tertiary/aromatic N) is 1. The molecule has 1 nitrogen and oxygen atoms in total. The molecule has 88 valence electrons. The van der Waals surface area contributed by atoms with Crippen LogP contribution in [0, 0.1) is 11.3 Å². The van der Waals surface area contributed by atoms with Crippen molar-refractivity contribution >= 4 is 0 Å². The lowest BCUT2D eigenvalue weighted by molar-refractivity contribution is 0.831. The minimum atomic E-state index is 0.241. The fourth-order valence-corrected chi connectivity index (χ4v) is 2.95. The van der Waals surface area contributed by atoms with Crippen LogP contribution in [0.2, 0.25) is 0 Å². The summed E-state index contributed by atoms with van der Waals surface area (Å²) in [6.07, 6.45) is 2.72. The van der Waals surface area contributed by atoms with E-state index >= 15 is 0 Å². The van der Waals surface area contributed by atoms with Crippen LogP contribution in [0.1, 0.15) is 34.6 Å². The maximum absolute atomic E-state index is 9.11. The molecule has 0 aromatic heterocycles. The lowest BCUT2D eigenvalue weighted by Gasteiger charge is -2.17. The van der Waals surface area contributed by atoms with Gasteiger partial charge in [-0.15, -0.1) is 0 Å². The van der Waals surface area contributed by atoms with Gasteiger partial charge in [0, 0.05) is 12.3 Å². The summed E-state index contributed by atoms with van der Waals surface area (Å²) in [6, 6.07) is 19.5. The minimum absolute atomic E-state index is 0.241. The van der Waals surface area contributed by atoms with Crippen molar-refractivity contribution in [3.8, 4) is 6.07 Å². The van der Waals surface area contributed by atoms with Crippen molar-refractivity contribution in [3.63, 3.8) is 0 Å². The molecule has 2 aromatic carbocycles. The number of fused-ring (bicyclic) bond motifs is 2. The Balaban J connectivity index is 2.18. The standard InChI is InChI=1S/C17H15N/c18-12-11-17-15-7-3-1-5-13(15)9-10-14-6-2-4-8-16(14)17/h1-8,17H,9-11H2. The third-order valence-corrected chi connectivity index (χ3v) is 3.82. The van der Waals surface area contributed by atoms with Crippen LogP contribution in [0.3, 0.4) is 0 Å². The third-order valence-electron chi connectivity index (χ3n) is 3.82. The molecule has 0 bridgehead atoms. The van der Waals surface area contributed by atoms with Gasteiger partial charge >= 0.3 is 0 Å². The van der Waals surface area contributed by atoms with E-state index in [1.54, 1.807) is 0 Å². The van der Waals surface area contributed by atoms with E-state index in [0.29, 0.717) is 6.42 Å². The van der Waals surface area contributed by atoms with Crippen molar-refractivity contribution in [3.05, 3.63) is 70.8 Å². The van der Waals surface area contributed by atoms with Crippen LogP contribution in [0.4, 0.5) is 0 Å². The number of rotatable bonds is 1. The molecule has 2 aromatic rings. The summed E-state index contributed by atoms with van der Waals surface area (Å²) in [7, 11) is 0. The van der Waals surface area contributed by atoms with Gasteiger partial charge in [0.15, 0.2) is 0 Å². The van der Waals surface area contributed by atoms with E-state index in [2.05, 4.69) is 54.6 Å². The van der Waals surface area contributed by atoms with Gasteiger partial charge in [0.2, 0.25) is 0 Å². The summed E-state index contributed by atoms with van der Waals surface area (Å²) < 4.78 is 0. The Morgan fingerprint density at radius 3 is 1.89 bits per heavy atom. The van der Waals surface area contributed by atoms with E-state index in [0.717, 1.165) is 12.8 Å². The van der Waals surface area contributed by atoms with Gasteiger partial charge in [-0.2, -0.15) is 5.26 Å². The van der Waals surface area contributed by atoms with E-state index < -0.39 is 0 Å². The lowest BCUT2D eigenvalue weighted by Crippen LogP contribution is -2.02. The zero-order valence-corrected chi connectivity index (χ0v) is 10.3. The predicted molar refractivity (Wildman–Crippen MR) is 72.4 cm³/mol. The highest BCUT2D eigenvalue weighted by Crippen LogP contribution is 2.35. The van der Waals surface area contributed by atoms with Crippen LogP contribution in [-0.2, 0) is 12.8 Å². The number of nitriles is 1. The first-order valence-corrected chi connectivity index (χ1v) is 6.42. The summed E-state index contributed by atoms with van der Waals surface area (Å²) in [5.74, 6) is 0.241. The Hall–Kier alpha value is -2.07. The first kappa shape index (κ1) is 11.0. The van der Waals surface area contributed by atoms with Crippen LogP contribution < -0.4 is 0 Å². The van der Waals surface area contributed by atoms with Crippen LogP contribution in [-0.4, -0.2) is 0 Å². The Morgan fingerprint density at radius 1 is 0.889 bits per heavy atom. The van der Waals surface area contributed by atoms with Gasteiger partial charge in [-0.25, -0.2) is 0 Å². The second-order valence-electron chi connectivity index (χ2n) is 4.81. The molecule has 1 heteroatoms. The molecule has 0 saturated carbocycles. The second kappa shape index (κ2) is 4.66. The monoisotopic (exact) mass is 233 g/mol. The molecule has 0 atom stereocenters. The Labute approximate surface area is 108 Å². The SMILES string of the molecule is N#CCC1c2ccccc2CCc2ccccc21. The quantitative estimate of drug-likeness (QED) is 0.734. The maximum Gasteiger partial charge on any atom is 0.0631 e. The summed E-state index contributed by atoms with van der Waals surface area (Å²) in [6.45, 7) is 0. The molecular weight excluding hydrogens is 218 g/mol. The average Bonchev–Trinajstić information content (AvgIpc) is 2.58. The third kappa shape index (κ3) is 1.80. The van der Waals surface area contributed by atoms with Gasteiger partial charge in [-0.05, 0) is 35.1 Å². The largest absolute Gasteiger partial charge is 0.198 e. The van der Waals surface area contributed by atoms with Gasteiger partial charge in [0.25, 0.3) is 0 Å². The second-order valence-corrected chi connectivity index (χ2v) is 4.81. The van der Waals surface area contributed by atoms with Crippen molar-refractivity contribution in [1.82, 2.24) is 0 Å². The first-order chi connectivity index (χ1) is 8.90. The predicted octanol–water partition coefficient (Wildman–Crippen LogP) is 3.83. The van der Waals surface area contributed by atoms with Crippen LogP contribution >= 0.6 is 0 Å².